The first kappa shape index (κ1) is 16.6. The average molecular weight is 416 g/mol. The Hall–Kier alpha value is -0.780. The Balaban J connectivity index is 2.12. The van der Waals surface area contributed by atoms with Gasteiger partial charge >= 0.3 is 0 Å². The molecule has 2 nitrogen and oxygen atoms in total. The second-order valence-corrected chi connectivity index (χ2v) is 7.01. The summed E-state index contributed by atoms with van der Waals surface area (Å²) in [6.45, 7) is 6.14. The van der Waals surface area contributed by atoms with Gasteiger partial charge in [-0.1, -0.05) is 31.5 Å². The maximum absolute atomic E-state index is 6.09. The predicted octanol–water partition coefficient (Wildman–Crippen LogP) is 5.48. The first-order valence-electron chi connectivity index (χ1n) is 6.97. The molecule has 1 N–H and O–H groups in total. The van der Waals surface area contributed by atoms with Crippen molar-refractivity contribution in [3.05, 3.63) is 56.6 Å². The first-order chi connectivity index (χ1) is 10.0. The van der Waals surface area contributed by atoms with E-state index in [2.05, 4.69) is 41.8 Å². The Morgan fingerprint density at radius 1 is 1.14 bits per heavy atom. The summed E-state index contributed by atoms with van der Waals surface area (Å²) in [5.74, 6) is 2.25. The molecule has 0 fully saturated rings. The van der Waals surface area contributed by atoms with Crippen LogP contribution in [0.25, 0.3) is 0 Å². The summed E-state index contributed by atoms with van der Waals surface area (Å²) in [6.07, 6.45) is 0. The molecule has 0 bridgehead atoms. The molecule has 0 aliphatic carbocycles. The van der Waals surface area contributed by atoms with E-state index in [-0.39, 0.29) is 0 Å². The molecule has 0 aromatic heterocycles. The van der Waals surface area contributed by atoms with Crippen LogP contribution in [-0.4, -0.2) is 6.54 Å². The van der Waals surface area contributed by atoms with Gasteiger partial charge in [-0.3, -0.25) is 0 Å². The molecule has 0 heterocycles. The van der Waals surface area contributed by atoms with Crippen molar-refractivity contribution in [1.82, 2.24) is 5.32 Å². The maximum atomic E-state index is 6.09. The van der Waals surface area contributed by atoms with E-state index in [4.69, 9.17) is 16.3 Å². The molecule has 21 heavy (non-hydrogen) atoms. The molecule has 0 saturated carbocycles. The Labute approximate surface area is 145 Å². The van der Waals surface area contributed by atoms with Gasteiger partial charge in [0.15, 0.2) is 0 Å². The molecular weight excluding hydrogens is 397 g/mol. The fourth-order valence-corrected chi connectivity index (χ4v) is 2.42. The molecule has 0 radical (unpaired) electrons. The van der Waals surface area contributed by atoms with Gasteiger partial charge in [-0.15, -0.1) is 0 Å². The van der Waals surface area contributed by atoms with Gasteiger partial charge in [-0.05, 0) is 71.5 Å². The Morgan fingerprint density at radius 3 is 2.52 bits per heavy atom. The fraction of sp³-hybridized carbons (Fsp3) is 0.294. The second kappa shape index (κ2) is 8.01. The lowest BCUT2D eigenvalue weighted by molar-refractivity contribution is 0.469. The Morgan fingerprint density at radius 2 is 1.86 bits per heavy atom. The highest BCUT2D eigenvalue weighted by molar-refractivity contribution is 14.1. The van der Waals surface area contributed by atoms with E-state index in [1.165, 1.54) is 3.57 Å². The highest BCUT2D eigenvalue weighted by Crippen LogP contribution is 2.28. The highest BCUT2D eigenvalue weighted by atomic mass is 127. The third kappa shape index (κ3) is 5.49. The van der Waals surface area contributed by atoms with E-state index in [0.29, 0.717) is 10.9 Å². The molecule has 2 aromatic rings. The van der Waals surface area contributed by atoms with Crippen LogP contribution in [0.1, 0.15) is 19.4 Å². The van der Waals surface area contributed by atoms with E-state index in [1.807, 2.05) is 42.5 Å². The van der Waals surface area contributed by atoms with E-state index in [0.717, 1.165) is 30.2 Å². The molecule has 112 valence electrons. The minimum absolute atomic E-state index is 0.623. The van der Waals surface area contributed by atoms with Crippen molar-refractivity contribution in [1.29, 1.82) is 0 Å². The van der Waals surface area contributed by atoms with Crippen molar-refractivity contribution < 1.29 is 4.74 Å². The van der Waals surface area contributed by atoms with Gasteiger partial charge in [0.1, 0.15) is 11.5 Å². The standard InChI is InChI=1S/C17H19ClINO/c1-12(2)10-20-11-13-3-4-14(18)9-17(13)21-16-7-5-15(19)6-8-16/h3-9,12,20H,10-11H2,1-2H3. The summed E-state index contributed by atoms with van der Waals surface area (Å²) in [4.78, 5) is 0. The van der Waals surface area contributed by atoms with Gasteiger partial charge in [-0.25, -0.2) is 0 Å². The summed E-state index contributed by atoms with van der Waals surface area (Å²) in [5, 5.41) is 4.12. The lowest BCUT2D eigenvalue weighted by atomic mass is 10.1. The van der Waals surface area contributed by atoms with Crippen LogP contribution in [0, 0.1) is 9.49 Å². The zero-order chi connectivity index (χ0) is 15.2. The summed E-state index contributed by atoms with van der Waals surface area (Å²) in [7, 11) is 0. The van der Waals surface area contributed by atoms with Crippen molar-refractivity contribution in [2.24, 2.45) is 5.92 Å². The van der Waals surface area contributed by atoms with Crippen molar-refractivity contribution >= 4 is 34.2 Å². The normalized spacial score (nSPS) is 10.9. The van der Waals surface area contributed by atoms with E-state index >= 15 is 0 Å². The van der Waals surface area contributed by atoms with Crippen molar-refractivity contribution in [2.75, 3.05) is 6.54 Å². The zero-order valence-electron chi connectivity index (χ0n) is 12.2. The van der Waals surface area contributed by atoms with Gasteiger partial charge in [0, 0.05) is 20.7 Å². The lowest BCUT2D eigenvalue weighted by Crippen LogP contribution is -2.19. The smallest absolute Gasteiger partial charge is 0.133 e. The summed E-state index contributed by atoms with van der Waals surface area (Å²) in [5.41, 5.74) is 1.11. The molecule has 2 aromatic carbocycles. The van der Waals surface area contributed by atoms with Crippen LogP contribution >= 0.6 is 34.2 Å². The third-order valence-electron chi connectivity index (χ3n) is 2.94. The summed E-state index contributed by atoms with van der Waals surface area (Å²) < 4.78 is 7.16. The van der Waals surface area contributed by atoms with Gasteiger partial charge in [-0.2, -0.15) is 0 Å². The quantitative estimate of drug-likeness (QED) is 0.631. The number of hydrogen-bond donors (Lipinski definition) is 1. The van der Waals surface area contributed by atoms with Crippen molar-refractivity contribution in [3.63, 3.8) is 0 Å². The van der Waals surface area contributed by atoms with E-state index < -0.39 is 0 Å². The van der Waals surface area contributed by atoms with Gasteiger partial charge in [0.05, 0.1) is 0 Å². The van der Waals surface area contributed by atoms with Crippen LogP contribution in [0.4, 0.5) is 0 Å². The van der Waals surface area contributed by atoms with Gasteiger partial charge in [0.2, 0.25) is 0 Å². The largest absolute Gasteiger partial charge is 0.457 e. The minimum atomic E-state index is 0.623. The minimum Gasteiger partial charge on any atom is -0.457 e. The molecule has 0 aliphatic rings. The van der Waals surface area contributed by atoms with Crippen LogP contribution < -0.4 is 10.1 Å². The molecule has 0 spiro atoms. The summed E-state index contributed by atoms with van der Waals surface area (Å²) >= 11 is 8.37. The van der Waals surface area contributed by atoms with Crippen LogP contribution in [0.5, 0.6) is 11.5 Å². The first-order valence-corrected chi connectivity index (χ1v) is 8.43. The highest BCUT2D eigenvalue weighted by Gasteiger charge is 2.07. The maximum Gasteiger partial charge on any atom is 0.133 e. The van der Waals surface area contributed by atoms with Crippen molar-refractivity contribution in [2.45, 2.75) is 20.4 Å². The Kier molecular flexibility index (Phi) is 6.33. The van der Waals surface area contributed by atoms with Crippen LogP contribution in [0.2, 0.25) is 5.02 Å². The number of rotatable bonds is 6. The van der Waals surface area contributed by atoms with Gasteiger partial charge in [0.25, 0.3) is 0 Å². The molecule has 0 aliphatic heterocycles. The fourth-order valence-electron chi connectivity index (χ4n) is 1.89. The molecule has 4 heteroatoms. The van der Waals surface area contributed by atoms with Crippen LogP contribution in [0.3, 0.4) is 0 Å². The number of benzene rings is 2. The summed E-state index contributed by atoms with van der Waals surface area (Å²) in [6, 6.07) is 13.8. The Bertz CT molecular complexity index is 584. The molecule has 0 unspecified atom stereocenters. The molecule has 0 atom stereocenters. The van der Waals surface area contributed by atoms with E-state index in [9.17, 15) is 0 Å². The predicted molar refractivity (Wildman–Crippen MR) is 97.2 cm³/mol. The van der Waals surface area contributed by atoms with E-state index in [1.54, 1.807) is 0 Å². The molecule has 2 rings (SSSR count). The SMILES string of the molecule is CC(C)CNCc1ccc(Cl)cc1Oc1ccc(I)cc1. The molecular formula is C17H19ClINO. The monoisotopic (exact) mass is 415 g/mol. The van der Waals surface area contributed by atoms with Crippen LogP contribution in [0.15, 0.2) is 42.5 Å². The molecule has 0 saturated heterocycles. The average Bonchev–Trinajstić information content (AvgIpc) is 2.43. The number of ether oxygens (including phenoxy) is 1. The molecule has 0 amide bonds. The zero-order valence-corrected chi connectivity index (χ0v) is 15.1. The van der Waals surface area contributed by atoms with Gasteiger partial charge < -0.3 is 10.1 Å². The number of hydrogen-bond acceptors (Lipinski definition) is 2. The lowest BCUT2D eigenvalue weighted by Gasteiger charge is -2.13. The number of nitrogens with one attached hydrogen (secondary N) is 1. The third-order valence-corrected chi connectivity index (χ3v) is 3.89. The topological polar surface area (TPSA) is 21.3 Å². The van der Waals surface area contributed by atoms with Crippen LogP contribution in [-0.2, 0) is 6.54 Å². The second-order valence-electron chi connectivity index (χ2n) is 5.33. The number of halogens is 2. The van der Waals surface area contributed by atoms with Crippen molar-refractivity contribution in [3.8, 4) is 11.5 Å².